The van der Waals surface area contributed by atoms with Crippen LogP contribution in [0.25, 0.3) is 0 Å². The normalized spacial score (nSPS) is 23.5. The summed E-state index contributed by atoms with van der Waals surface area (Å²) in [5.41, 5.74) is 1.32. The zero-order valence-electron chi connectivity index (χ0n) is 14.9. The van der Waals surface area contributed by atoms with Crippen LogP contribution in [0, 0.1) is 5.92 Å². The van der Waals surface area contributed by atoms with Gasteiger partial charge in [0.15, 0.2) is 0 Å². The number of carbonyl (C=O) groups excluding carboxylic acids is 1. The Morgan fingerprint density at radius 3 is 2.68 bits per heavy atom. The lowest BCUT2D eigenvalue weighted by Gasteiger charge is -2.42. The van der Waals surface area contributed by atoms with Gasteiger partial charge in [0.1, 0.15) is 6.67 Å². The number of carbonyl (C=O) groups is 1. The van der Waals surface area contributed by atoms with E-state index in [-0.39, 0.29) is 18.4 Å². The van der Waals surface area contributed by atoms with Crippen molar-refractivity contribution in [3.05, 3.63) is 30.1 Å². The van der Waals surface area contributed by atoms with E-state index in [9.17, 15) is 9.18 Å². The van der Waals surface area contributed by atoms with E-state index in [1.807, 2.05) is 12.4 Å². The van der Waals surface area contributed by atoms with Crippen LogP contribution in [0.5, 0.6) is 0 Å². The monoisotopic (exact) mass is 348 g/mol. The van der Waals surface area contributed by atoms with Crippen LogP contribution in [-0.2, 0) is 11.3 Å². The molecular weight excluding hydrogens is 319 g/mol. The van der Waals surface area contributed by atoms with Crippen LogP contribution in [0.3, 0.4) is 0 Å². The molecule has 0 bridgehead atoms. The third-order valence-electron chi connectivity index (χ3n) is 5.45. The summed E-state index contributed by atoms with van der Waals surface area (Å²) in [6.07, 6.45) is 8.00. The summed E-state index contributed by atoms with van der Waals surface area (Å²) < 4.78 is 12.2. The highest BCUT2D eigenvalue weighted by Gasteiger charge is 2.31. The number of amides is 1. The molecule has 0 aliphatic carbocycles. The molecule has 3 rings (SSSR count). The molecule has 1 amide bonds. The molecule has 5 nitrogen and oxygen atoms in total. The first-order valence-electron chi connectivity index (χ1n) is 9.45. The van der Waals surface area contributed by atoms with Gasteiger partial charge in [-0.2, -0.15) is 0 Å². The Morgan fingerprint density at radius 2 is 1.96 bits per heavy atom. The molecule has 25 heavy (non-hydrogen) atoms. The molecule has 0 radical (unpaired) electrons. The number of likely N-dealkylation sites (tertiary alicyclic amines) is 2. The van der Waals surface area contributed by atoms with Crippen molar-refractivity contribution in [2.45, 2.75) is 38.3 Å². The average Bonchev–Trinajstić information content (AvgIpc) is 2.67. The zero-order chi connectivity index (χ0) is 17.5. The molecule has 0 saturated carbocycles. The van der Waals surface area contributed by atoms with Crippen molar-refractivity contribution < 1.29 is 9.18 Å². The minimum absolute atomic E-state index is 0.0233. The first-order chi connectivity index (χ1) is 12.3. The smallest absolute Gasteiger partial charge is 0.224 e. The SMILES string of the molecule is O=C(NCCF)[C@@H]1CCCN(C2CCN(Cc3ccncc3)CC2)C1. The maximum absolute atomic E-state index is 12.2. The maximum Gasteiger partial charge on any atom is 0.224 e. The van der Waals surface area contributed by atoms with Gasteiger partial charge in [0.05, 0.1) is 5.92 Å². The van der Waals surface area contributed by atoms with E-state index in [0.29, 0.717) is 6.04 Å². The van der Waals surface area contributed by atoms with Crippen LogP contribution in [-0.4, -0.2) is 66.1 Å². The lowest BCUT2D eigenvalue weighted by atomic mass is 9.93. The topological polar surface area (TPSA) is 48.5 Å². The number of pyridine rings is 1. The molecule has 0 aromatic carbocycles. The van der Waals surface area contributed by atoms with Gasteiger partial charge in [-0.1, -0.05) is 0 Å². The van der Waals surface area contributed by atoms with Gasteiger partial charge in [-0.3, -0.25) is 19.6 Å². The van der Waals surface area contributed by atoms with E-state index in [1.165, 1.54) is 5.56 Å². The molecular formula is C19H29FN4O. The van der Waals surface area contributed by atoms with Crippen molar-refractivity contribution in [2.24, 2.45) is 5.92 Å². The summed E-state index contributed by atoms with van der Waals surface area (Å²) in [5, 5.41) is 2.71. The van der Waals surface area contributed by atoms with E-state index >= 15 is 0 Å². The van der Waals surface area contributed by atoms with Crippen LogP contribution in [0.15, 0.2) is 24.5 Å². The summed E-state index contributed by atoms with van der Waals surface area (Å²) in [4.78, 5) is 21.2. The molecule has 0 unspecified atom stereocenters. The van der Waals surface area contributed by atoms with Crippen molar-refractivity contribution in [1.82, 2.24) is 20.1 Å². The van der Waals surface area contributed by atoms with Gasteiger partial charge in [-0.25, -0.2) is 4.39 Å². The van der Waals surface area contributed by atoms with E-state index in [1.54, 1.807) is 0 Å². The van der Waals surface area contributed by atoms with E-state index in [0.717, 1.165) is 58.4 Å². The van der Waals surface area contributed by atoms with Gasteiger partial charge >= 0.3 is 0 Å². The predicted molar refractivity (Wildman–Crippen MR) is 95.8 cm³/mol. The van der Waals surface area contributed by atoms with E-state index < -0.39 is 6.67 Å². The second-order valence-corrected chi connectivity index (χ2v) is 7.18. The number of halogens is 1. The molecule has 2 fully saturated rings. The number of nitrogens with zero attached hydrogens (tertiary/aromatic N) is 3. The third kappa shape index (κ3) is 5.22. The minimum Gasteiger partial charge on any atom is -0.353 e. The summed E-state index contributed by atoms with van der Waals surface area (Å²) in [6, 6.07) is 4.74. The highest BCUT2D eigenvalue weighted by atomic mass is 19.1. The van der Waals surface area contributed by atoms with Crippen LogP contribution >= 0.6 is 0 Å². The number of aromatic nitrogens is 1. The molecule has 1 atom stereocenters. The van der Waals surface area contributed by atoms with Crippen molar-refractivity contribution >= 4 is 5.91 Å². The second-order valence-electron chi connectivity index (χ2n) is 7.18. The number of hydrogen-bond donors (Lipinski definition) is 1. The number of piperidine rings is 2. The van der Waals surface area contributed by atoms with Crippen LogP contribution in [0.4, 0.5) is 4.39 Å². The quantitative estimate of drug-likeness (QED) is 0.852. The van der Waals surface area contributed by atoms with E-state index in [4.69, 9.17) is 0 Å². The number of nitrogens with one attached hydrogen (secondary N) is 1. The van der Waals surface area contributed by atoms with Gasteiger partial charge < -0.3 is 5.32 Å². The molecule has 2 saturated heterocycles. The molecule has 1 aromatic rings. The average molecular weight is 348 g/mol. The van der Waals surface area contributed by atoms with Crippen LogP contribution < -0.4 is 5.32 Å². The van der Waals surface area contributed by atoms with Gasteiger partial charge in [0.25, 0.3) is 0 Å². The number of hydrogen-bond acceptors (Lipinski definition) is 4. The molecule has 0 spiro atoms. The Hall–Kier alpha value is -1.53. The molecule has 3 heterocycles. The summed E-state index contributed by atoms with van der Waals surface area (Å²) in [7, 11) is 0. The Balaban J connectivity index is 1.45. The first-order valence-corrected chi connectivity index (χ1v) is 9.45. The molecule has 6 heteroatoms. The Labute approximate surface area is 149 Å². The fraction of sp³-hybridized carbons (Fsp3) is 0.684. The minimum atomic E-state index is -0.488. The maximum atomic E-state index is 12.2. The fourth-order valence-electron chi connectivity index (χ4n) is 4.06. The summed E-state index contributed by atoms with van der Waals surface area (Å²) in [5.74, 6) is 0.0487. The molecule has 2 aliphatic rings. The number of alkyl halides is 1. The Bertz CT molecular complexity index is 533. The van der Waals surface area contributed by atoms with Crippen molar-refractivity contribution in [2.75, 3.05) is 39.4 Å². The van der Waals surface area contributed by atoms with Gasteiger partial charge in [0, 0.05) is 38.1 Å². The largest absolute Gasteiger partial charge is 0.353 e. The molecule has 138 valence electrons. The molecule has 1 aromatic heterocycles. The second kappa shape index (κ2) is 9.25. The first kappa shape index (κ1) is 18.3. The predicted octanol–water partition coefficient (Wildman–Crippen LogP) is 1.84. The van der Waals surface area contributed by atoms with Crippen molar-refractivity contribution in [3.8, 4) is 0 Å². The van der Waals surface area contributed by atoms with Crippen molar-refractivity contribution in [1.29, 1.82) is 0 Å². The number of rotatable bonds is 6. The van der Waals surface area contributed by atoms with E-state index in [2.05, 4.69) is 32.2 Å². The van der Waals surface area contributed by atoms with Crippen LogP contribution in [0.1, 0.15) is 31.2 Å². The van der Waals surface area contributed by atoms with Crippen molar-refractivity contribution in [3.63, 3.8) is 0 Å². The molecule has 1 N–H and O–H groups in total. The highest BCUT2D eigenvalue weighted by Crippen LogP contribution is 2.24. The Kier molecular flexibility index (Phi) is 6.76. The fourth-order valence-corrected chi connectivity index (χ4v) is 4.06. The third-order valence-corrected chi connectivity index (χ3v) is 5.45. The summed E-state index contributed by atoms with van der Waals surface area (Å²) >= 11 is 0. The lowest BCUT2D eigenvalue weighted by Crippen LogP contribution is -2.50. The van der Waals surface area contributed by atoms with Gasteiger partial charge in [0.2, 0.25) is 5.91 Å². The lowest BCUT2D eigenvalue weighted by molar-refractivity contribution is -0.127. The summed E-state index contributed by atoms with van der Waals surface area (Å²) in [6.45, 7) is 4.75. The highest BCUT2D eigenvalue weighted by molar-refractivity contribution is 5.78. The van der Waals surface area contributed by atoms with Crippen LogP contribution in [0.2, 0.25) is 0 Å². The Morgan fingerprint density at radius 1 is 1.20 bits per heavy atom. The van der Waals surface area contributed by atoms with Gasteiger partial charge in [-0.05, 0) is 63.0 Å². The van der Waals surface area contributed by atoms with Gasteiger partial charge in [-0.15, -0.1) is 0 Å². The standard InChI is InChI=1S/C19H29FN4O/c20-7-10-22-19(25)17-2-1-11-24(15-17)18-5-12-23(13-6-18)14-16-3-8-21-9-4-16/h3-4,8-9,17-18H,1-2,5-7,10-15H2,(H,22,25)/t17-/m1/s1. The molecule has 2 aliphatic heterocycles. The zero-order valence-corrected chi connectivity index (χ0v) is 14.9.